The molecule has 3 rings (SSSR count). The fourth-order valence-corrected chi connectivity index (χ4v) is 3.05. The van der Waals surface area contributed by atoms with Crippen molar-refractivity contribution in [3.8, 4) is 0 Å². The number of para-hydroxylation sites is 1. The maximum atomic E-state index is 13.0. The summed E-state index contributed by atoms with van der Waals surface area (Å²) in [7, 11) is 0. The van der Waals surface area contributed by atoms with E-state index in [1.54, 1.807) is 6.07 Å². The molecule has 0 radical (unpaired) electrons. The molecule has 0 aromatic heterocycles. The molecule has 0 fully saturated rings. The Morgan fingerprint density at radius 2 is 2.00 bits per heavy atom. The highest BCUT2D eigenvalue weighted by atomic mass is 16.2. The highest BCUT2D eigenvalue weighted by molar-refractivity contribution is 6.08. The quantitative estimate of drug-likeness (QED) is 0.812. The molecule has 2 aromatic carbocycles. The highest BCUT2D eigenvalue weighted by Gasteiger charge is 2.29. The van der Waals surface area contributed by atoms with Crippen molar-refractivity contribution < 1.29 is 4.79 Å². The Bertz CT molecular complexity index is 693. The van der Waals surface area contributed by atoms with Crippen molar-refractivity contribution in [2.75, 3.05) is 10.6 Å². The van der Waals surface area contributed by atoms with E-state index >= 15 is 0 Å². The van der Waals surface area contributed by atoms with Gasteiger partial charge < -0.3 is 10.6 Å². The molecule has 108 valence electrons. The molecule has 3 heteroatoms. The maximum absolute atomic E-state index is 13.0. The van der Waals surface area contributed by atoms with E-state index in [-0.39, 0.29) is 11.9 Å². The SMILES string of the molecule is Cc1cc(N)ccc1C(=O)N1c2ccccc2CCC1C. The molecule has 1 heterocycles. The second-order valence-corrected chi connectivity index (χ2v) is 5.77. The molecule has 2 aromatic rings. The van der Waals surface area contributed by atoms with Crippen LogP contribution in [0.1, 0.15) is 34.8 Å². The van der Waals surface area contributed by atoms with Crippen molar-refractivity contribution in [3.05, 3.63) is 59.2 Å². The lowest BCUT2D eigenvalue weighted by atomic mass is 9.95. The molecule has 0 bridgehead atoms. The lowest BCUT2D eigenvalue weighted by Gasteiger charge is -2.35. The molecule has 1 aliphatic heterocycles. The smallest absolute Gasteiger partial charge is 0.258 e. The van der Waals surface area contributed by atoms with Crippen LogP contribution in [0.4, 0.5) is 11.4 Å². The topological polar surface area (TPSA) is 46.3 Å². The van der Waals surface area contributed by atoms with Gasteiger partial charge in [0.25, 0.3) is 5.91 Å². The molecule has 0 saturated heterocycles. The third-order valence-corrected chi connectivity index (χ3v) is 4.22. The molecule has 1 amide bonds. The number of nitrogens with zero attached hydrogens (tertiary/aromatic N) is 1. The van der Waals surface area contributed by atoms with Gasteiger partial charge in [-0.25, -0.2) is 0 Å². The van der Waals surface area contributed by atoms with Crippen LogP contribution in [0.5, 0.6) is 0 Å². The van der Waals surface area contributed by atoms with Crippen LogP contribution in [-0.2, 0) is 6.42 Å². The fourth-order valence-electron chi connectivity index (χ4n) is 3.05. The van der Waals surface area contributed by atoms with Gasteiger partial charge in [-0.2, -0.15) is 0 Å². The van der Waals surface area contributed by atoms with E-state index in [1.807, 2.05) is 42.2 Å². The lowest BCUT2D eigenvalue weighted by Crippen LogP contribution is -2.42. The van der Waals surface area contributed by atoms with Crippen LogP contribution in [0.3, 0.4) is 0 Å². The number of nitrogens with two attached hydrogens (primary N) is 1. The zero-order valence-corrected chi connectivity index (χ0v) is 12.5. The van der Waals surface area contributed by atoms with E-state index in [0.717, 1.165) is 29.7 Å². The summed E-state index contributed by atoms with van der Waals surface area (Å²) in [5, 5.41) is 0. The van der Waals surface area contributed by atoms with Crippen LogP contribution < -0.4 is 10.6 Å². The number of benzene rings is 2. The van der Waals surface area contributed by atoms with Crippen molar-refractivity contribution in [3.63, 3.8) is 0 Å². The van der Waals surface area contributed by atoms with Gasteiger partial charge in [0.15, 0.2) is 0 Å². The number of aryl methyl sites for hydroxylation is 2. The summed E-state index contributed by atoms with van der Waals surface area (Å²) in [5.74, 6) is 0.0622. The second-order valence-electron chi connectivity index (χ2n) is 5.77. The normalized spacial score (nSPS) is 17.4. The number of carbonyl (C=O) groups excluding carboxylic acids is 1. The Hall–Kier alpha value is -2.29. The van der Waals surface area contributed by atoms with Gasteiger partial charge in [0, 0.05) is 23.0 Å². The van der Waals surface area contributed by atoms with E-state index < -0.39 is 0 Å². The summed E-state index contributed by atoms with van der Waals surface area (Å²) in [6, 6.07) is 13.9. The minimum Gasteiger partial charge on any atom is -0.399 e. The zero-order chi connectivity index (χ0) is 15.0. The molecule has 1 aliphatic rings. The van der Waals surface area contributed by atoms with E-state index in [4.69, 9.17) is 5.73 Å². The predicted octanol–water partition coefficient (Wildman–Crippen LogP) is 3.56. The molecule has 0 saturated carbocycles. The van der Waals surface area contributed by atoms with Gasteiger partial charge in [-0.05, 0) is 62.1 Å². The highest BCUT2D eigenvalue weighted by Crippen LogP contribution is 2.32. The van der Waals surface area contributed by atoms with Crippen LogP contribution in [0.25, 0.3) is 0 Å². The van der Waals surface area contributed by atoms with Gasteiger partial charge >= 0.3 is 0 Å². The number of anilines is 2. The molecule has 0 aliphatic carbocycles. The Morgan fingerprint density at radius 1 is 1.24 bits per heavy atom. The largest absolute Gasteiger partial charge is 0.399 e. The number of hydrogen-bond acceptors (Lipinski definition) is 2. The van der Waals surface area contributed by atoms with Crippen LogP contribution in [-0.4, -0.2) is 11.9 Å². The monoisotopic (exact) mass is 280 g/mol. The summed E-state index contributed by atoms with van der Waals surface area (Å²) in [5.41, 5.74) is 10.4. The number of fused-ring (bicyclic) bond motifs is 1. The van der Waals surface area contributed by atoms with Gasteiger partial charge in [0.1, 0.15) is 0 Å². The van der Waals surface area contributed by atoms with Crippen molar-refractivity contribution in [2.45, 2.75) is 32.7 Å². The first-order valence-corrected chi connectivity index (χ1v) is 7.35. The van der Waals surface area contributed by atoms with E-state index in [2.05, 4.69) is 13.0 Å². The van der Waals surface area contributed by atoms with Gasteiger partial charge in [0.05, 0.1) is 0 Å². The van der Waals surface area contributed by atoms with E-state index in [0.29, 0.717) is 5.69 Å². The van der Waals surface area contributed by atoms with Crippen molar-refractivity contribution >= 4 is 17.3 Å². The van der Waals surface area contributed by atoms with Crippen LogP contribution in [0.2, 0.25) is 0 Å². The van der Waals surface area contributed by atoms with Gasteiger partial charge in [-0.15, -0.1) is 0 Å². The summed E-state index contributed by atoms with van der Waals surface area (Å²) < 4.78 is 0. The average molecular weight is 280 g/mol. The maximum Gasteiger partial charge on any atom is 0.258 e. The Labute approximate surface area is 125 Å². The Balaban J connectivity index is 2.05. The summed E-state index contributed by atoms with van der Waals surface area (Å²) >= 11 is 0. The zero-order valence-electron chi connectivity index (χ0n) is 12.5. The molecule has 21 heavy (non-hydrogen) atoms. The third-order valence-electron chi connectivity index (χ3n) is 4.22. The van der Waals surface area contributed by atoms with E-state index in [1.165, 1.54) is 5.56 Å². The first kappa shape index (κ1) is 13.7. The van der Waals surface area contributed by atoms with Crippen molar-refractivity contribution in [1.29, 1.82) is 0 Å². The minimum absolute atomic E-state index is 0.0622. The molecule has 0 spiro atoms. The molecule has 3 nitrogen and oxygen atoms in total. The van der Waals surface area contributed by atoms with Crippen LogP contribution >= 0.6 is 0 Å². The first-order chi connectivity index (χ1) is 10.1. The first-order valence-electron chi connectivity index (χ1n) is 7.35. The summed E-state index contributed by atoms with van der Waals surface area (Å²) in [4.78, 5) is 14.9. The second kappa shape index (κ2) is 5.24. The molecular formula is C18H20N2O. The predicted molar refractivity (Wildman–Crippen MR) is 86.6 cm³/mol. The van der Waals surface area contributed by atoms with Gasteiger partial charge in [-0.1, -0.05) is 18.2 Å². The number of carbonyl (C=O) groups is 1. The summed E-state index contributed by atoms with van der Waals surface area (Å²) in [6.45, 7) is 4.05. The molecule has 1 atom stereocenters. The summed E-state index contributed by atoms with van der Waals surface area (Å²) in [6.07, 6.45) is 2.03. The number of rotatable bonds is 1. The fraction of sp³-hybridized carbons (Fsp3) is 0.278. The third kappa shape index (κ3) is 2.40. The average Bonchev–Trinajstić information content (AvgIpc) is 2.46. The van der Waals surface area contributed by atoms with Crippen LogP contribution in [0, 0.1) is 6.92 Å². The Kier molecular flexibility index (Phi) is 3.42. The van der Waals surface area contributed by atoms with E-state index in [9.17, 15) is 4.79 Å². The van der Waals surface area contributed by atoms with Crippen LogP contribution in [0.15, 0.2) is 42.5 Å². The van der Waals surface area contributed by atoms with Crippen molar-refractivity contribution in [2.24, 2.45) is 0 Å². The number of hydrogen-bond donors (Lipinski definition) is 1. The number of amides is 1. The van der Waals surface area contributed by atoms with Crippen molar-refractivity contribution in [1.82, 2.24) is 0 Å². The lowest BCUT2D eigenvalue weighted by molar-refractivity contribution is 0.0974. The molecular weight excluding hydrogens is 260 g/mol. The standard InChI is InChI=1S/C18H20N2O/c1-12-11-15(19)9-10-16(12)18(21)20-13(2)7-8-14-5-3-4-6-17(14)20/h3-6,9-11,13H,7-8,19H2,1-2H3. The number of nitrogen functional groups attached to an aromatic ring is 1. The van der Waals surface area contributed by atoms with Gasteiger partial charge in [0.2, 0.25) is 0 Å². The van der Waals surface area contributed by atoms with Gasteiger partial charge in [-0.3, -0.25) is 4.79 Å². The molecule has 2 N–H and O–H groups in total. The Morgan fingerprint density at radius 3 is 2.76 bits per heavy atom. The molecule has 1 unspecified atom stereocenters. The minimum atomic E-state index is 0.0622.